The molecule has 1 aliphatic rings. The van der Waals surface area contributed by atoms with E-state index in [0.717, 1.165) is 43.7 Å². The third kappa shape index (κ3) is 8.90. The van der Waals surface area contributed by atoms with Crippen LogP contribution in [-0.2, 0) is 4.74 Å². The second kappa shape index (κ2) is 9.22. The number of amides is 1. The van der Waals surface area contributed by atoms with Crippen LogP contribution in [0.4, 0.5) is 4.79 Å². The fourth-order valence-corrected chi connectivity index (χ4v) is 2.91. The van der Waals surface area contributed by atoms with E-state index >= 15 is 0 Å². The van der Waals surface area contributed by atoms with Gasteiger partial charge >= 0.3 is 6.09 Å². The Morgan fingerprint density at radius 1 is 1.29 bits per heavy atom. The normalized spacial score (nSPS) is 22.4. The standard InChI is InChI=1S/C16H28N2O2S/c1-5-11-21-12-10-17-13-6-8-14(9-7-13)18-15(19)20-16(2,3)4/h1,13-14,17H,6-12H2,2-4H3,(H,18,19). The summed E-state index contributed by atoms with van der Waals surface area (Å²) in [5.41, 5.74) is -0.432. The number of hydrogen-bond donors (Lipinski definition) is 2. The van der Waals surface area contributed by atoms with Gasteiger partial charge in [0.25, 0.3) is 0 Å². The summed E-state index contributed by atoms with van der Waals surface area (Å²) in [6, 6.07) is 0.807. The maximum absolute atomic E-state index is 11.7. The number of alkyl carbamates (subject to hydrolysis) is 1. The van der Waals surface area contributed by atoms with E-state index in [1.54, 1.807) is 11.8 Å². The molecule has 0 aromatic heterocycles. The van der Waals surface area contributed by atoms with E-state index in [4.69, 9.17) is 11.2 Å². The number of thioether (sulfide) groups is 1. The second-order valence-corrected chi connectivity index (χ2v) is 7.51. The summed E-state index contributed by atoms with van der Waals surface area (Å²) in [6.07, 6.45) is 9.12. The lowest BCUT2D eigenvalue weighted by Gasteiger charge is -2.30. The van der Waals surface area contributed by atoms with Crippen LogP contribution >= 0.6 is 11.8 Å². The maximum Gasteiger partial charge on any atom is 0.407 e. The molecule has 120 valence electrons. The molecule has 0 aromatic rings. The average molecular weight is 312 g/mol. The van der Waals surface area contributed by atoms with Crippen molar-refractivity contribution >= 4 is 17.9 Å². The van der Waals surface area contributed by atoms with Gasteiger partial charge in [-0.25, -0.2) is 4.79 Å². The minimum absolute atomic E-state index is 0.244. The molecule has 0 saturated heterocycles. The molecule has 0 unspecified atom stereocenters. The van der Waals surface area contributed by atoms with Crippen molar-refractivity contribution in [2.24, 2.45) is 0 Å². The van der Waals surface area contributed by atoms with Crippen LogP contribution in [0.5, 0.6) is 0 Å². The smallest absolute Gasteiger partial charge is 0.407 e. The van der Waals surface area contributed by atoms with Crippen LogP contribution in [0.2, 0.25) is 0 Å². The molecule has 5 heteroatoms. The molecular formula is C16H28N2O2S. The van der Waals surface area contributed by atoms with Gasteiger partial charge in [0.1, 0.15) is 5.60 Å². The van der Waals surface area contributed by atoms with Gasteiger partial charge in [-0.15, -0.1) is 18.2 Å². The van der Waals surface area contributed by atoms with Gasteiger partial charge in [0.15, 0.2) is 0 Å². The van der Waals surface area contributed by atoms with Gasteiger partial charge in [-0.3, -0.25) is 0 Å². The van der Waals surface area contributed by atoms with Crippen molar-refractivity contribution in [1.29, 1.82) is 0 Å². The minimum Gasteiger partial charge on any atom is -0.444 e. The first kappa shape index (κ1) is 18.2. The highest BCUT2D eigenvalue weighted by Gasteiger charge is 2.24. The Balaban J connectivity index is 2.12. The van der Waals surface area contributed by atoms with Gasteiger partial charge in [-0.2, -0.15) is 0 Å². The number of hydrogen-bond acceptors (Lipinski definition) is 4. The molecule has 0 bridgehead atoms. The molecular weight excluding hydrogens is 284 g/mol. The Morgan fingerprint density at radius 2 is 1.90 bits per heavy atom. The Hall–Kier alpha value is -0.860. The number of ether oxygens (including phenoxy) is 1. The fourth-order valence-electron chi connectivity index (χ4n) is 2.38. The first-order chi connectivity index (χ1) is 9.90. The van der Waals surface area contributed by atoms with Gasteiger partial charge in [0.05, 0.1) is 5.75 Å². The molecule has 4 nitrogen and oxygen atoms in total. The molecule has 21 heavy (non-hydrogen) atoms. The first-order valence-corrected chi connectivity index (χ1v) is 8.80. The van der Waals surface area contributed by atoms with E-state index < -0.39 is 5.60 Å². The summed E-state index contributed by atoms with van der Waals surface area (Å²) in [5.74, 6) is 4.47. The van der Waals surface area contributed by atoms with E-state index in [1.165, 1.54) is 0 Å². The van der Waals surface area contributed by atoms with Crippen LogP contribution in [0.3, 0.4) is 0 Å². The minimum atomic E-state index is -0.432. The van der Waals surface area contributed by atoms with Crippen LogP contribution in [-0.4, -0.2) is 41.8 Å². The molecule has 0 spiro atoms. The van der Waals surface area contributed by atoms with E-state index in [-0.39, 0.29) is 12.1 Å². The van der Waals surface area contributed by atoms with Gasteiger partial charge in [0, 0.05) is 24.4 Å². The van der Waals surface area contributed by atoms with Crippen LogP contribution in [0.1, 0.15) is 46.5 Å². The maximum atomic E-state index is 11.7. The number of terminal acetylenes is 1. The van der Waals surface area contributed by atoms with Gasteiger partial charge < -0.3 is 15.4 Å². The summed E-state index contributed by atoms with van der Waals surface area (Å²) in [7, 11) is 0. The number of carbonyl (C=O) groups is 1. The summed E-state index contributed by atoms with van der Waals surface area (Å²) in [6.45, 7) is 6.64. The van der Waals surface area contributed by atoms with Crippen LogP contribution in [0, 0.1) is 12.3 Å². The van der Waals surface area contributed by atoms with Crippen molar-refractivity contribution in [2.75, 3.05) is 18.1 Å². The van der Waals surface area contributed by atoms with Crippen LogP contribution in [0.25, 0.3) is 0 Å². The number of carbonyl (C=O) groups excluding carboxylic acids is 1. The van der Waals surface area contributed by atoms with E-state index in [0.29, 0.717) is 6.04 Å². The van der Waals surface area contributed by atoms with Crippen LogP contribution < -0.4 is 10.6 Å². The predicted octanol–water partition coefficient (Wildman–Crippen LogP) is 2.78. The van der Waals surface area contributed by atoms with Crippen molar-refractivity contribution in [3.05, 3.63) is 0 Å². The third-order valence-corrected chi connectivity index (χ3v) is 4.18. The van der Waals surface area contributed by atoms with Gasteiger partial charge in [0.2, 0.25) is 0 Å². The van der Waals surface area contributed by atoms with Gasteiger partial charge in [-0.1, -0.05) is 5.92 Å². The molecule has 1 fully saturated rings. The molecule has 1 rings (SSSR count). The highest BCUT2D eigenvalue weighted by molar-refractivity contribution is 7.99. The second-order valence-electron chi connectivity index (χ2n) is 6.41. The molecule has 0 aromatic carbocycles. The Labute approximate surface area is 133 Å². The topological polar surface area (TPSA) is 50.4 Å². The van der Waals surface area contributed by atoms with Crippen molar-refractivity contribution in [1.82, 2.24) is 10.6 Å². The molecule has 0 heterocycles. The van der Waals surface area contributed by atoms with Crippen molar-refractivity contribution in [3.63, 3.8) is 0 Å². The lowest BCUT2D eigenvalue weighted by molar-refractivity contribution is 0.0490. The lowest BCUT2D eigenvalue weighted by atomic mass is 9.91. The lowest BCUT2D eigenvalue weighted by Crippen LogP contribution is -2.44. The molecule has 0 radical (unpaired) electrons. The number of nitrogens with one attached hydrogen (secondary N) is 2. The quantitative estimate of drug-likeness (QED) is 0.585. The predicted molar refractivity (Wildman–Crippen MR) is 89.6 cm³/mol. The zero-order chi connectivity index (χ0) is 15.7. The fraction of sp³-hybridized carbons (Fsp3) is 0.812. The molecule has 1 amide bonds. The SMILES string of the molecule is C#CCSCCNC1CCC(NC(=O)OC(C)(C)C)CC1. The summed E-state index contributed by atoms with van der Waals surface area (Å²) >= 11 is 1.78. The zero-order valence-electron chi connectivity index (χ0n) is 13.4. The monoisotopic (exact) mass is 312 g/mol. The van der Waals surface area contributed by atoms with Crippen LogP contribution in [0.15, 0.2) is 0 Å². The zero-order valence-corrected chi connectivity index (χ0v) is 14.2. The molecule has 2 N–H and O–H groups in total. The molecule has 1 saturated carbocycles. The molecule has 1 aliphatic carbocycles. The number of rotatable bonds is 6. The Bertz CT molecular complexity index is 352. The molecule has 0 aliphatic heterocycles. The van der Waals surface area contributed by atoms with Crippen molar-refractivity contribution in [3.8, 4) is 12.3 Å². The summed E-state index contributed by atoms with van der Waals surface area (Å²) in [5, 5.41) is 6.52. The Kier molecular flexibility index (Phi) is 7.98. The van der Waals surface area contributed by atoms with E-state index in [2.05, 4.69) is 16.6 Å². The highest BCUT2D eigenvalue weighted by atomic mass is 32.2. The van der Waals surface area contributed by atoms with Crippen molar-refractivity contribution in [2.45, 2.75) is 64.1 Å². The average Bonchev–Trinajstić information content (AvgIpc) is 2.38. The van der Waals surface area contributed by atoms with E-state index in [1.807, 2.05) is 20.8 Å². The summed E-state index contributed by atoms with van der Waals surface area (Å²) < 4.78 is 5.29. The largest absolute Gasteiger partial charge is 0.444 e. The third-order valence-electron chi connectivity index (χ3n) is 3.31. The van der Waals surface area contributed by atoms with E-state index in [9.17, 15) is 4.79 Å². The molecule has 0 atom stereocenters. The summed E-state index contributed by atoms with van der Waals surface area (Å²) in [4.78, 5) is 11.7. The first-order valence-electron chi connectivity index (χ1n) is 7.65. The highest BCUT2D eigenvalue weighted by Crippen LogP contribution is 2.19. The van der Waals surface area contributed by atoms with Crippen molar-refractivity contribution < 1.29 is 9.53 Å². The van der Waals surface area contributed by atoms with Gasteiger partial charge in [-0.05, 0) is 46.5 Å². The Morgan fingerprint density at radius 3 is 2.48 bits per heavy atom.